The molecule has 5 aliphatic carbocycles. The van der Waals surface area contributed by atoms with Crippen molar-refractivity contribution < 1.29 is 114 Å². The molecule has 4 aliphatic heterocycles. The van der Waals surface area contributed by atoms with Gasteiger partial charge in [0.2, 0.25) is 0 Å². The molecule has 4 saturated heterocycles. The number of allylic oxidation sites excluding steroid dienone is 2. The van der Waals surface area contributed by atoms with Gasteiger partial charge in [0.15, 0.2) is 31.3 Å². The molecule has 0 aromatic rings. The molecule has 29 unspecified atom stereocenters. The Hall–Kier alpha value is -1.63. The number of ether oxygens (including phenoxy) is 8. The summed E-state index contributed by atoms with van der Waals surface area (Å²) in [6, 6.07) is 0. The van der Waals surface area contributed by atoms with Crippen LogP contribution in [0.1, 0.15) is 106 Å². The Kier molecular flexibility index (Phi) is 16.5. The van der Waals surface area contributed by atoms with E-state index in [4.69, 9.17) is 37.9 Å². The van der Waals surface area contributed by atoms with Gasteiger partial charge in [-0.25, -0.2) is 4.79 Å². The van der Waals surface area contributed by atoms with Gasteiger partial charge in [0.05, 0.1) is 38.6 Å². The van der Waals surface area contributed by atoms with Gasteiger partial charge in [-0.3, -0.25) is 0 Å². The molecule has 0 aromatic carbocycles. The molecule has 0 radical (unpaired) electrons. The van der Waals surface area contributed by atoms with Gasteiger partial charge in [-0.15, -0.1) is 0 Å². The highest BCUT2D eigenvalue weighted by Crippen LogP contribution is 2.76. The molecule has 9 rings (SSSR count). The lowest BCUT2D eigenvalue weighted by Crippen LogP contribution is -2.68. The number of aliphatic carboxylic acids is 1. The van der Waals surface area contributed by atoms with Crippen LogP contribution in [0, 0.1) is 50.2 Å². The number of aliphatic hydroxyl groups is 13. The van der Waals surface area contributed by atoms with Crippen LogP contribution in [-0.4, -0.2) is 233 Å². The molecular weight excluding hydrogens is 1000 g/mol. The third kappa shape index (κ3) is 9.46. The van der Waals surface area contributed by atoms with Crippen LogP contribution in [0.5, 0.6) is 0 Å². The van der Waals surface area contributed by atoms with E-state index in [2.05, 4.69) is 47.6 Å². The van der Waals surface area contributed by atoms with Gasteiger partial charge in [0.25, 0.3) is 0 Å². The molecule has 436 valence electrons. The summed E-state index contributed by atoms with van der Waals surface area (Å²) < 4.78 is 48.3. The van der Waals surface area contributed by atoms with Crippen molar-refractivity contribution in [2.45, 2.75) is 235 Å². The highest BCUT2D eigenvalue weighted by molar-refractivity contribution is 5.73. The van der Waals surface area contributed by atoms with E-state index < -0.39 is 147 Å². The summed E-state index contributed by atoms with van der Waals surface area (Å²) in [6.07, 6.45) is -25.1. The highest BCUT2D eigenvalue weighted by Gasteiger charge is 2.70. The number of fused-ring (bicyclic) bond motifs is 7. The number of carbonyl (C=O) groups is 1. The van der Waals surface area contributed by atoms with Crippen LogP contribution in [0.25, 0.3) is 0 Å². The van der Waals surface area contributed by atoms with Crippen LogP contribution in [0.15, 0.2) is 11.6 Å². The lowest BCUT2D eigenvalue weighted by molar-refractivity contribution is -0.397. The van der Waals surface area contributed by atoms with E-state index in [9.17, 15) is 76.3 Å². The predicted octanol–water partition coefficient (Wildman–Crippen LogP) is -1.86. The molecule has 23 nitrogen and oxygen atoms in total. The zero-order chi connectivity index (χ0) is 55.6. The second-order valence-electron chi connectivity index (χ2n) is 26.0. The maximum absolute atomic E-state index is 12.6. The number of hydrogen-bond donors (Lipinski definition) is 14. The molecule has 0 amide bonds. The molecule has 29 atom stereocenters. The fourth-order valence-electron chi connectivity index (χ4n) is 16.3. The summed E-state index contributed by atoms with van der Waals surface area (Å²) >= 11 is 0. The summed E-state index contributed by atoms with van der Waals surface area (Å²) in [4.78, 5) is 12.6. The Balaban J connectivity index is 0.962. The average molecular weight is 1090 g/mol. The Morgan fingerprint density at radius 3 is 1.80 bits per heavy atom. The third-order valence-electron chi connectivity index (χ3n) is 21.4. The first-order valence-corrected chi connectivity index (χ1v) is 27.3. The van der Waals surface area contributed by atoms with Crippen molar-refractivity contribution in [1.29, 1.82) is 0 Å². The van der Waals surface area contributed by atoms with E-state index >= 15 is 0 Å². The smallest absolute Gasteiger partial charge is 0.335 e. The third-order valence-corrected chi connectivity index (χ3v) is 21.4. The molecule has 76 heavy (non-hydrogen) atoms. The molecule has 0 aromatic heterocycles. The SMILES string of the molecule is CC1(C)CC2C3=CCC4C5(C)CCC(OC6OC(C(=O)O)C(O)C(O)C6OC6OC(CO)C(O)C(O)C6OC6OC(CO)C(O)C(O)C6O)C(C)(CO)C5CCC4(C)C3(C)CCC2(C)CC1OC1OCC(O)C(O)C1O. The van der Waals surface area contributed by atoms with Crippen LogP contribution in [0.3, 0.4) is 0 Å². The largest absolute Gasteiger partial charge is 0.479 e. The van der Waals surface area contributed by atoms with Crippen LogP contribution in [0.2, 0.25) is 0 Å². The van der Waals surface area contributed by atoms with E-state index in [0.29, 0.717) is 19.3 Å². The van der Waals surface area contributed by atoms with Crippen LogP contribution < -0.4 is 0 Å². The molecule has 0 bridgehead atoms. The van der Waals surface area contributed by atoms with Crippen molar-refractivity contribution in [2.24, 2.45) is 50.2 Å². The van der Waals surface area contributed by atoms with Crippen molar-refractivity contribution in [1.82, 2.24) is 0 Å². The fraction of sp³-hybridized carbons (Fsp3) is 0.943. The Morgan fingerprint density at radius 1 is 0.592 bits per heavy atom. The minimum absolute atomic E-state index is 0.132. The number of aliphatic hydroxyl groups excluding tert-OH is 13. The van der Waals surface area contributed by atoms with Crippen LogP contribution >= 0.6 is 0 Å². The molecule has 4 heterocycles. The number of carboxylic acid groups (broad SMARTS) is 1. The van der Waals surface area contributed by atoms with Gasteiger partial charge < -0.3 is 109 Å². The first kappa shape index (κ1) is 59.0. The van der Waals surface area contributed by atoms with E-state index in [1.165, 1.54) is 5.57 Å². The summed E-state index contributed by atoms with van der Waals surface area (Å²) in [5, 5.41) is 150. The van der Waals surface area contributed by atoms with Crippen molar-refractivity contribution in [3.05, 3.63) is 11.6 Å². The van der Waals surface area contributed by atoms with Gasteiger partial charge in [0.1, 0.15) is 85.5 Å². The van der Waals surface area contributed by atoms with E-state index in [-0.39, 0.29) is 64.1 Å². The lowest BCUT2D eigenvalue weighted by atomic mass is 9.33. The summed E-state index contributed by atoms with van der Waals surface area (Å²) in [5.41, 5.74) is -0.690. The minimum Gasteiger partial charge on any atom is -0.479 e. The maximum atomic E-state index is 12.6. The van der Waals surface area contributed by atoms with Crippen molar-refractivity contribution in [2.75, 3.05) is 26.4 Å². The van der Waals surface area contributed by atoms with Gasteiger partial charge in [0, 0.05) is 5.41 Å². The summed E-state index contributed by atoms with van der Waals surface area (Å²) in [6.45, 7) is 13.6. The van der Waals surface area contributed by atoms with Gasteiger partial charge >= 0.3 is 5.97 Å². The first-order chi connectivity index (χ1) is 35.5. The maximum Gasteiger partial charge on any atom is 0.335 e. The van der Waals surface area contributed by atoms with E-state index in [1.807, 2.05) is 6.92 Å². The van der Waals surface area contributed by atoms with E-state index in [1.54, 1.807) is 0 Å². The Morgan fingerprint density at radius 2 is 1.17 bits per heavy atom. The Labute approximate surface area is 442 Å². The lowest BCUT2D eigenvalue weighted by Gasteiger charge is -2.72. The molecule has 23 heteroatoms. The molecule has 14 N–H and O–H groups in total. The zero-order valence-electron chi connectivity index (χ0n) is 44.6. The van der Waals surface area contributed by atoms with Gasteiger partial charge in [-0.05, 0) is 103 Å². The van der Waals surface area contributed by atoms with Crippen molar-refractivity contribution >= 4 is 5.97 Å². The summed E-state index contributed by atoms with van der Waals surface area (Å²) in [5.74, 6) is -1.37. The fourth-order valence-corrected chi connectivity index (χ4v) is 16.3. The molecule has 8 fully saturated rings. The summed E-state index contributed by atoms with van der Waals surface area (Å²) in [7, 11) is 0. The monoisotopic (exact) mass is 1090 g/mol. The van der Waals surface area contributed by atoms with Gasteiger partial charge in [-0.2, -0.15) is 0 Å². The normalized spacial score (nSPS) is 55.3. The van der Waals surface area contributed by atoms with Crippen LogP contribution in [0.4, 0.5) is 0 Å². The molecule has 9 aliphatic rings. The Bertz CT molecular complexity index is 2100. The average Bonchev–Trinajstić information content (AvgIpc) is 3.43. The molecule has 4 saturated carbocycles. The number of rotatable bonds is 12. The molecular formula is C53H86O23. The quantitative estimate of drug-likeness (QED) is 0.0753. The number of carboxylic acids is 1. The number of hydrogen-bond acceptors (Lipinski definition) is 22. The molecule has 0 spiro atoms. The zero-order valence-corrected chi connectivity index (χ0v) is 44.6. The topological polar surface area (TPSA) is 374 Å². The highest BCUT2D eigenvalue weighted by atomic mass is 16.8. The van der Waals surface area contributed by atoms with Crippen molar-refractivity contribution in [3.8, 4) is 0 Å². The standard InChI is InChI=1S/C53H86O23/c1-48(2)16-23-22-8-9-28-50(4)12-11-29(51(5,21-56)27(50)10-13-53(28,7)52(22,6)15-14-49(23,3)17-30(48)73-44-38(65)31(58)24(57)20-69-44)72-47-42(37(64)36(63)40(74-47)43(67)68)76-46-41(35(62)33(60)26(19-55)71-46)75-45-39(66)34(61)32(59)25(18-54)70-45/h8,23-42,44-47,54-66H,9-21H2,1-7H3,(H,67,68). The van der Waals surface area contributed by atoms with E-state index in [0.717, 1.165) is 38.5 Å². The second kappa shape index (κ2) is 21.3. The van der Waals surface area contributed by atoms with Crippen molar-refractivity contribution in [3.63, 3.8) is 0 Å². The second-order valence-corrected chi connectivity index (χ2v) is 26.0. The minimum atomic E-state index is -2.12. The predicted molar refractivity (Wildman–Crippen MR) is 259 cm³/mol. The van der Waals surface area contributed by atoms with Gasteiger partial charge in [-0.1, -0.05) is 60.1 Å². The first-order valence-electron chi connectivity index (χ1n) is 27.3. The van der Waals surface area contributed by atoms with Crippen LogP contribution in [-0.2, 0) is 42.7 Å².